The second-order valence-corrected chi connectivity index (χ2v) is 9.07. The first kappa shape index (κ1) is 26.5. The molecule has 0 aliphatic rings. The largest absolute Gasteiger partial charge is 0.493 e. The van der Waals surface area contributed by atoms with Gasteiger partial charge in [0.2, 0.25) is 11.8 Å². The molecule has 196 valence electrons. The maximum Gasteiger partial charge on any atom is 0.245 e. The van der Waals surface area contributed by atoms with Crippen molar-refractivity contribution in [2.75, 3.05) is 26.1 Å². The molecule has 4 rings (SSSR count). The molecule has 2 amide bonds. The van der Waals surface area contributed by atoms with Crippen LogP contribution in [0.1, 0.15) is 19.4 Å². The van der Waals surface area contributed by atoms with Crippen molar-refractivity contribution in [3.8, 4) is 34.1 Å². The Kier molecular flexibility index (Phi) is 8.43. The highest BCUT2D eigenvalue weighted by molar-refractivity contribution is 5.97. The van der Waals surface area contributed by atoms with Crippen molar-refractivity contribution in [1.29, 1.82) is 0 Å². The van der Waals surface area contributed by atoms with Crippen molar-refractivity contribution in [3.63, 3.8) is 0 Å². The first-order valence-corrected chi connectivity index (χ1v) is 12.4. The Bertz CT molecular complexity index is 1380. The van der Waals surface area contributed by atoms with Gasteiger partial charge >= 0.3 is 0 Å². The average molecular weight is 513 g/mol. The smallest absolute Gasteiger partial charge is 0.245 e. The van der Waals surface area contributed by atoms with Gasteiger partial charge in [-0.1, -0.05) is 66.7 Å². The number of methoxy groups -OCH3 is 2. The van der Waals surface area contributed by atoms with Gasteiger partial charge in [-0.2, -0.15) is 0 Å². The van der Waals surface area contributed by atoms with E-state index < -0.39 is 0 Å². The van der Waals surface area contributed by atoms with Gasteiger partial charge < -0.3 is 24.7 Å². The molecule has 0 spiro atoms. The van der Waals surface area contributed by atoms with Gasteiger partial charge in [0.05, 0.1) is 26.3 Å². The number of nitrogens with zero attached hydrogens (tertiary/aromatic N) is 2. The number of hydrogen-bond acceptors (Lipinski definition) is 5. The molecule has 0 fully saturated rings. The van der Waals surface area contributed by atoms with Gasteiger partial charge in [-0.25, -0.2) is 4.98 Å². The summed E-state index contributed by atoms with van der Waals surface area (Å²) < 4.78 is 10.6. The summed E-state index contributed by atoms with van der Waals surface area (Å²) in [7, 11) is 3.11. The molecule has 0 unspecified atom stereocenters. The van der Waals surface area contributed by atoms with E-state index in [0.717, 1.165) is 16.7 Å². The lowest BCUT2D eigenvalue weighted by molar-refractivity contribution is -0.135. The van der Waals surface area contributed by atoms with Gasteiger partial charge in [0.1, 0.15) is 12.4 Å². The Morgan fingerprint density at radius 2 is 1.53 bits per heavy atom. The van der Waals surface area contributed by atoms with E-state index >= 15 is 0 Å². The van der Waals surface area contributed by atoms with Crippen LogP contribution in [-0.2, 0) is 16.0 Å². The molecule has 3 aromatic carbocycles. The molecule has 0 saturated heterocycles. The van der Waals surface area contributed by atoms with E-state index in [-0.39, 0.29) is 30.8 Å². The lowest BCUT2D eigenvalue weighted by atomic mass is 10.1. The van der Waals surface area contributed by atoms with Crippen molar-refractivity contribution in [2.45, 2.75) is 26.3 Å². The quantitative estimate of drug-likeness (QED) is 0.305. The Morgan fingerprint density at radius 3 is 2.13 bits per heavy atom. The number of anilines is 1. The van der Waals surface area contributed by atoms with E-state index in [1.807, 2.05) is 80.6 Å². The predicted molar refractivity (Wildman–Crippen MR) is 148 cm³/mol. The van der Waals surface area contributed by atoms with Gasteiger partial charge in [0.15, 0.2) is 17.3 Å². The van der Waals surface area contributed by atoms with Crippen molar-refractivity contribution in [2.24, 2.45) is 0 Å². The van der Waals surface area contributed by atoms with Gasteiger partial charge in [0, 0.05) is 17.2 Å². The molecule has 0 atom stereocenters. The first-order chi connectivity index (χ1) is 18.4. The molecule has 4 aromatic rings. The molecule has 8 nitrogen and oxygen atoms in total. The van der Waals surface area contributed by atoms with Crippen LogP contribution < -0.4 is 14.8 Å². The number of amides is 2. The van der Waals surface area contributed by atoms with E-state index in [2.05, 4.69) is 15.3 Å². The maximum absolute atomic E-state index is 13.2. The number of carbonyl (C=O) groups excluding carboxylic acids is 2. The Hall–Kier alpha value is -4.59. The van der Waals surface area contributed by atoms with Crippen LogP contribution in [0, 0.1) is 0 Å². The van der Waals surface area contributed by atoms with Crippen LogP contribution in [0.4, 0.5) is 5.82 Å². The molecule has 1 heterocycles. The zero-order valence-corrected chi connectivity index (χ0v) is 22.0. The molecular formula is C30H32N4O4. The van der Waals surface area contributed by atoms with E-state index in [0.29, 0.717) is 28.8 Å². The topological polar surface area (TPSA) is 96.5 Å². The number of nitrogens with one attached hydrogen (secondary N) is 2. The Labute approximate surface area is 222 Å². The normalized spacial score (nSPS) is 10.8. The minimum absolute atomic E-state index is 0.106. The number of hydrogen-bond donors (Lipinski definition) is 2. The second-order valence-electron chi connectivity index (χ2n) is 9.07. The monoisotopic (exact) mass is 512 g/mol. The van der Waals surface area contributed by atoms with Crippen LogP contribution in [0.5, 0.6) is 11.5 Å². The van der Waals surface area contributed by atoms with Gasteiger partial charge in [-0.15, -0.1) is 0 Å². The molecule has 0 aliphatic carbocycles. The van der Waals surface area contributed by atoms with Crippen LogP contribution in [-0.4, -0.2) is 53.5 Å². The van der Waals surface area contributed by atoms with Crippen LogP contribution >= 0.6 is 0 Å². The number of aromatic amines is 1. The Morgan fingerprint density at radius 1 is 0.895 bits per heavy atom. The van der Waals surface area contributed by atoms with Crippen LogP contribution in [0.15, 0.2) is 78.9 Å². The summed E-state index contributed by atoms with van der Waals surface area (Å²) in [6.07, 6.45) is 0.127. The standard InChI is InChI=1S/C30H32N4O4/c1-20(2)34(27(36)18-21-15-16-24(37-3)25(17-21)38-4)19-26(35)31-30-28(22-11-7-5-8-12-22)32-29(33-30)23-13-9-6-10-14-23/h5-17,20H,18-19H2,1-4H3,(H,31,35)(H,32,33). The molecule has 0 aliphatic heterocycles. The summed E-state index contributed by atoms with van der Waals surface area (Å²) in [6.45, 7) is 3.67. The zero-order chi connectivity index (χ0) is 27.1. The number of benzene rings is 3. The third-order valence-electron chi connectivity index (χ3n) is 6.13. The molecule has 0 bridgehead atoms. The molecular weight excluding hydrogens is 480 g/mol. The number of ether oxygens (including phenoxy) is 2. The van der Waals surface area contributed by atoms with Gasteiger partial charge in [-0.05, 0) is 31.5 Å². The summed E-state index contributed by atoms with van der Waals surface area (Å²) >= 11 is 0. The van der Waals surface area contributed by atoms with Crippen LogP contribution in [0.3, 0.4) is 0 Å². The molecule has 1 aromatic heterocycles. The van der Waals surface area contributed by atoms with Crippen LogP contribution in [0.25, 0.3) is 22.6 Å². The van der Waals surface area contributed by atoms with E-state index in [1.54, 1.807) is 31.3 Å². The predicted octanol–water partition coefficient (Wildman–Crippen LogP) is 5.18. The third-order valence-corrected chi connectivity index (χ3v) is 6.13. The Balaban J connectivity index is 1.53. The zero-order valence-electron chi connectivity index (χ0n) is 22.0. The van der Waals surface area contributed by atoms with E-state index in [1.165, 1.54) is 0 Å². The number of imidazole rings is 1. The van der Waals surface area contributed by atoms with Crippen molar-refractivity contribution in [3.05, 3.63) is 84.4 Å². The fourth-order valence-electron chi connectivity index (χ4n) is 4.16. The minimum Gasteiger partial charge on any atom is -0.493 e. The highest BCUT2D eigenvalue weighted by atomic mass is 16.5. The van der Waals surface area contributed by atoms with Crippen molar-refractivity contribution < 1.29 is 19.1 Å². The number of rotatable bonds is 10. The lowest BCUT2D eigenvalue weighted by Gasteiger charge is -2.26. The van der Waals surface area contributed by atoms with E-state index in [4.69, 9.17) is 9.47 Å². The lowest BCUT2D eigenvalue weighted by Crippen LogP contribution is -2.43. The van der Waals surface area contributed by atoms with Gasteiger partial charge in [-0.3, -0.25) is 9.59 Å². The second kappa shape index (κ2) is 12.1. The highest BCUT2D eigenvalue weighted by Gasteiger charge is 2.23. The van der Waals surface area contributed by atoms with Crippen molar-refractivity contribution in [1.82, 2.24) is 14.9 Å². The van der Waals surface area contributed by atoms with Crippen LogP contribution in [0.2, 0.25) is 0 Å². The van der Waals surface area contributed by atoms with Gasteiger partial charge in [0.25, 0.3) is 0 Å². The number of H-pyrrole nitrogens is 1. The molecule has 8 heteroatoms. The summed E-state index contributed by atoms with van der Waals surface area (Å²) in [4.78, 5) is 36.0. The fraction of sp³-hybridized carbons (Fsp3) is 0.233. The molecule has 38 heavy (non-hydrogen) atoms. The summed E-state index contributed by atoms with van der Waals surface area (Å²) in [5.41, 5.74) is 3.26. The first-order valence-electron chi connectivity index (χ1n) is 12.4. The summed E-state index contributed by atoms with van der Waals surface area (Å²) in [5, 5.41) is 2.92. The van der Waals surface area contributed by atoms with Crippen molar-refractivity contribution >= 4 is 17.6 Å². The maximum atomic E-state index is 13.2. The molecule has 0 saturated carbocycles. The number of aromatic nitrogens is 2. The summed E-state index contributed by atoms with van der Waals surface area (Å²) in [6, 6.07) is 24.6. The molecule has 2 N–H and O–H groups in total. The summed E-state index contributed by atoms with van der Waals surface area (Å²) in [5.74, 6) is 1.70. The van der Waals surface area contributed by atoms with E-state index in [9.17, 15) is 9.59 Å². The number of carbonyl (C=O) groups is 2. The SMILES string of the molecule is COc1ccc(CC(=O)N(CC(=O)Nc2nc(-c3ccccc3)[nH]c2-c2ccccc2)C(C)C)cc1OC. The fourth-order valence-corrected chi connectivity index (χ4v) is 4.16. The molecule has 0 radical (unpaired) electrons. The average Bonchev–Trinajstić information content (AvgIpc) is 3.36. The minimum atomic E-state index is -0.331. The third kappa shape index (κ3) is 6.21. The highest BCUT2D eigenvalue weighted by Crippen LogP contribution is 2.30.